The van der Waals surface area contributed by atoms with Crippen LogP contribution in [0.1, 0.15) is 12.5 Å². The third kappa shape index (κ3) is 4.81. The van der Waals surface area contributed by atoms with Gasteiger partial charge < -0.3 is 15.4 Å². The van der Waals surface area contributed by atoms with Gasteiger partial charge in [-0.05, 0) is 55.0 Å². The van der Waals surface area contributed by atoms with Crippen LogP contribution in [0.5, 0.6) is 5.75 Å². The minimum Gasteiger partial charge on any atom is -0.492 e. The minimum absolute atomic E-state index is 0.520. The molecule has 5 nitrogen and oxygen atoms in total. The van der Waals surface area contributed by atoms with Crippen molar-refractivity contribution in [1.82, 2.24) is 9.78 Å². The molecule has 0 radical (unpaired) electrons. The highest BCUT2D eigenvalue weighted by Gasteiger charge is 2.05. The lowest BCUT2D eigenvalue weighted by Crippen LogP contribution is -2.19. The van der Waals surface area contributed by atoms with E-state index in [-0.39, 0.29) is 0 Å². The van der Waals surface area contributed by atoms with Crippen LogP contribution in [0, 0.1) is 0 Å². The molecule has 0 atom stereocenters. The molecule has 6 heteroatoms. The Hall–Kier alpha value is -2.86. The first-order chi connectivity index (χ1) is 12.2. The minimum atomic E-state index is 0.520. The van der Waals surface area contributed by atoms with Gasteiger partial charge in [-0.25, -0.2) is 0 Å². The Morgan fingerprint density at radius 1 is 1.08 bits per heavy atom. The van der Waals surface area contributed by atoms with Crippen molar-refractivity contribution in [3.63, 3.8) is 0 Å². The molecule has 0 aliphatic rings. The average Bonchev–Trinajstić information content (AvgIpc) is 3.12. The van der Waals surface area contributed by atoms with E-state index in [9.17, 15) is 0 Å². The van der Waals surface area contributed by atoms with Gasteiger partial charge in [-0.3, -0.25) is 4.68 Å². The lowest BCUT2D eigenvalue weighted by molar-refractivity contribution is 0.342. The second-order valence-corrected chi connectivity index (χ2v) is 5.82. The fraction of sp³-hybridized carbons (Fsp3) is 0.158. The molecule has 128 valence electrons. The third-order valence-corrected chi connectivity index (χ3v) is 3.75. The molecule has 1 heterocycles. The second-order valence-electron chi connectivity index (χ2n) is 5.41. The summed E-state index contributed by atoms with van der Waals surface area (Å²) in [6.07, 6.45) is 3.72. The Bertz CT molecular complexity index is 816. The van der Waals surface area contributed by atoms with Crippen molar-refractivity contribution in [2.75, 3.05) is 17.2 Å². The number of nitrogens with one attached hydrogen (secondary N) is 2. The highest BCUT2D eigenvalue weighted by atomic mass is 32.1. The maximum atomic E-state index is 5.60. The zero-order chi connectivity index (χ0) is 17.5. The Labute approximate surface area is 152 Å². The number of para-hydroxylation sites is 2. The smallest absolute Gasteiger partial charge is 0.175 e. The first-order valence-corrected chi connectivity index (χ1v) is 8.51. The quantitative estimate of drug-likeness (QED) is 0.653. The SMILES string of the molecule is CCOc1ccccc1NC(=S)Nc1ccc(Cn2cccn2)cc1. The molecule has 25 heavy (non-hydrogen) atoms. The van der Waals surface area contributed by atoms with Gasteiger partial charge in [0.05, 0.1) is 18.8 Å². The van der Waals surface area contributed by atoms with E-state index in [0.29, 0.717) is 11.7 Å². The van der Waals surface area contributed by atoms with Crippen LogP contribution >= 0.6 is 12.2 Å². The summed E-state index contributed by atoms with van der Waals surface area (Å²) in [5, 5.41) is 11.1. The number of benzene rings is 2. The molecule has 3 aromatic rings. The summed E-state index contributed by atoms with van der Waals surface area (Å²) in [6, 6.07) is 17.8. The van der Waals surface area contributed by atoms with Crippen molar-refractivity contribution in [1.29, 1.82) is 0 Å². The van der Waals surface area contributed by atoms with E-state index in [1.165, 1.54) is 5.56 Å². The van der Waals surface area contributed by atoms with Crippen molar-refractivity contribution >= 4 is 28.7 Å². The van der Waals surface area contributed by atoms with E-state index >= 15 is 0 Å². The highest BCUT2D eigenvalue weighted by Crippen LogP contribution is 2.24. The number of nitrogens with zero attached hydrogens (tertiary/aromatic N) is 2. The fourth-order valence-corrected chi connectivity index (χ4v) is 2.64. The van der Waals surface area contributed by atoms with Crippen LogP contribution in [0.3, 0.4) is 0 Å². The van der Waals surface area contributed by atoms with Gasteiger partial charge in [0.1, 0.15) is 5.75 Å². The normalized spacial score (nSPS) is 10.3. The summed E-state index contributed by atoms with van der Waals surface area (Å²) in [5.41, 5.74) is 2.95. The summed E-state index contributed by atoms with van der Waals surface area (Å²) in [4.78, 5) is 0. The first-order valence-electron chi connectivity index (χ1n) is 8.11. The fourth-order valence-electron chi connectivity index (χ4n) is 2.41. The second kappa shape index (κ2) is 8.30. The van der Waals surface area contributed by atoms with Crippen LogP contribution < -0.4 is 15.4 Å². The Morgan fingerprint density at radius 3 is 2.60 bits per heavy atom. The largest absolute Gasteiger partial charge is 0.492 e. The van der Waals surface area contributed by atoms with Crippen molar-refractivity contribution in [2.24, 2.45) is 0 Å². The number of aromatic nitrogens is 2. The molecule has 1 aromatic heterocycles. The van der Waals surface area contributed by atoms with Crippen molar-refractivity contribution < 1.29 is 4.74 Å². The molecule has 2 aromatic carbocycles. The molecular weight excluding hydrogens is 332 g/mol. The van der Waals surface area contributed by atoms with E-state index in [1.54, 1.807) is 6.20 Å². The van der Waals surface area contributed by atoms with Gasteiger partial charge in [-0.1, -0.05) is 24.3 Å². The molecule has 0 saturated carbocycles. The predicted octanol–water partition coefficient (Wildman–Crippen LogP) is 4.14. The van der Waals surface area contributed by atoms with Crippen molar-refractivity contribution in [3.8, 4) is 5.75 Å². The van der Waals surface area contributed by atoms with Gasteiger partial charge in [0.15, 0.2) is 5.11 Å². The number of anilines is 2. The molecule has 0 spiro atoms. The lowest BCUT2D eigenvalue weighted by atomic mass is 10.2. The number of hydrogen-bond donors (Lipinski definition) is 2. The molecule has 0 aliphatic carbocycles. The number of rotatable bonds is 6. The molecule has 0 amide bonds. The van der Waals surface area contributed by atoms with Gasteiger partial charge in [0.25, 0.3) is 0 Å². The van der Waals surface area contributed by atoms with E-state index < -0.39 is 0 Å². The summed E-state index contributed by atoms with van der Waals surface area (Å²) in [6.45, 7) is 3.31. The van der Waals surface area contributed by atoms with Crippen LogP contribution in [-0.2, 0) is 6.54 Å². The topological polar surface area (TPSA) is 51.1 Å². The molecule has 0 unspecified atom stereocenters. The maximum absolute atomic E-state index is 5.60. The molecule has 0 bridgehead atoms. The van der Waals surface area contributed by atoms with Crippen LogP contribution in [-0.4, -0.2) is 21.5 Å². The van der Waals surface area contributed by atoms with Crippen LogP contribution in [0.25, 0.3) is 0 Å². The predicted molar refractivity (Wildman–Crippen MR) is 105 cm³/mol. The number of ether oxygens (including phenoxy) is 1. The molecule has 0 aliphatic heterocycles. The first kappa shape index (κ1) is 17.0. The van der Waals surface area contributed by atoms with Crippen LogP contribution in [0.2, 0.25) is 0 Å². The molecule has 3 rings (SSSR count). The number of hydrogen-bond acceptors (Lipinski definition) is 3. The van der Waals surface area contributed by atoms with E-state index in [2.05, 4.69) is 27.9 Å². The Balaban J connectivity index is 1.59. The maximum Gasteiger partial charge on any atom is 0.175 e. The zero-order valence-corrected chi connectivity index (χ0v) is 14.8. The average molecular weight is 352 g/mol. The summed E-state index contributed by atoms with van der Waals surface area (Å²) in [7, 11) is 0. The third-order valence-electron chi connectivity index (χ3n) is 3.55. The molecule has 0 fully saturated rings. The van der Waals surface area contributed by atoms with E-state index in [1.807, 2.05) is 60.3 Å². The lowest BCUT2D eigenvalue weighted by Gasteiger charge is -2.14. The summed E-state index contributed by atoms with van der Waals surface area (Å²) < 4.78 is 7.48. The summed E-state index contributed by atoms with van der Waals surface area (Å²) >= 11 is 5.40. The standard InChI is InChI=1S/C19H20N4OS/c1-2-24-18-7-4-3-6-17(18)22-19(25)21-16-10-8-15(9-11-16)14-23-13-5-12-20-23/h3-13H,2,14H2,1H3,(H2,21,22,25). The zero-order valence-electron chi connectivity index (χ0n) is 14.0. The van der Waals surface area contributed by atoms with Gasteiger partial charge in [-0.15, -0.1) is 0 Å². The van der Waals surface area contributed by atoms with E-state index in [0.717, 1.165) is 23.7 Å². The molecule has 2 N–H and O–H groups in total. The Kier molecular flexibility index (Phi) is 5.64. The summed E-state index contributed by atoms with van der Waals surface area (Å²) in [5.74, 6) is 0.781. The molecule has 0 saturated heterocycles. The van der Waals surface area contributed by atoms with Crippen LogP contribution in [0.15, 0.2) is 67.0 Å². The van der Waals surface area contributed by atoms with Gasteiger partial charge in [0, 0.05) is 18.1 Å². The molecular formula is C19H20N4OS. The van der Waals surface area contributed by atoms with Gasteiger partial charge in [0.2, 0.25) is 0 Å². The monoisotopic (exact) mass is 352 g/mol. The highest BCUT2D eigenvalue weighted by molar-refractivity contribution is 7.80. The van der Waals surface area contributed by atoms with Gasteiger partial charge >= 0.3 is 0 Å². The van der Waals surface area contributed by atoms with E-state index in [4.69, 9.17) is 17.0 Å². The number of thiocarbonyl (C=S) groups is 1. The Morgan fingerprint density at radius 2 is 1.88 bits per heavy atom. The van der Waals surface area contributed by atoms with Crippen molar-refractivity contribution in [2.45, 2.75) is 13.5 Å². The van der Waals surface area contributed by atoms with Gasteiger partial charge in [-0.2, -0.15) is 5.10 Å². The van der Waals surface area contributed by atoms with Crippen LogP contribution in [0.4, 0.5) is 11.4 Å². The van der Waals surface area contributed by atoms with Crippen molar-refractivity contribution in [3.05, 3.63) is 72.6 Å².